The summed E-state index contributed by atoms with van der Waals surface area (Å²) in [5, 5.41) is 6.66. The molecular formula is C11H16ClN5O2. The largest absolute Gasteiger partial charge is 0.368 e. The molecule has 0 bridgehead atoms. The number of halogens is 1. The van der Waals surface area contributed by atoms with E-state index in [2.05, 4.69) is 25.6 Å². The molecule has 3 heterocycles. The molecule has 8 heteroatoms. The van der Waals surface area contributed by atoms with Crippen molar-refractivity contribution >= 4 is 11.6 Å². The summed E-state index contributed by atoms with van der Waals surface area (Å²) < 4.78 is 11.3. The van der Waals surface area contributed by atoms with E-state index in [1.807, 2.05) is 0 Å². The molecule has 104 valence electrons. The van der Waals surface area contributed by atoms with Crippen LogP contribution in [-0.4, -0.2) is 54.3 Å². The van der Waals surface area contributed by atoms with E-state index in [0.717, 1.165) is 13.1 Å². The molecule has 2 saturated heterocycles. The van der Waals surface area contributed by atoms with Crippen molar-refractivity contribution in [3.05, 3.63) is 16.9 Å². The lowest BCUT2D eigenvalue weighted by Crippen LogP contribution is -2.36. The Bertz CT molecular complexity index is 399. The molecule has 2 fully saturated rings. The number of aromatic nitrogens is 3. The van der Waals surface area contributed by atoms with Gasteiger partial charge in [-0.2, -0.15) is 9.97 Å². The third-order valence-electron chi connectivity index (χ3n) is 3.07. The number of nitrogens with one attached hydrogen (secondary N) is 2. The number of hydrogen-bond donors (Lipinski definition) is 2. The van der Waals surface area contributed by atoms with E-state index < -0.39 is 0 Å². The quantitative estimate of drug-likeness (QED) is 0.782. The number of rotatable bonds is 2. The van der Waals surface area contributed by atoms with Crippen LogP contribution in [0, 0.1) is 0 Å². The highest BCUT2D eigenvalue weighted by Crippen LogP contribution is 2.20. The third kappa shape index (κ3) is 3.18. The van der Waals surface area contributed by atoms with Crippen molar-refractivity contribution in [1.82, 2.24) is 25.6 Å². The lowest BCUT2D eigenvalue weighted by molar-refractivity contribution is 0.0140. The number of nitrogens with zero attached hydrogens (tertiary/aromatic N) is 3. The maximum Gasteiger partial charge on any atom is 0.226 e. The summed E-state index contributed by atoms with van der Waals surface area (Å²) in [6.45, 7) is 4.35. The van der Waals surface area contributed by atoms with Crippen LogP contribution in [0.25, 0.3) is 0 Å². The predicted octanol–water partition coefficient (Wildman–Crippen LogP) is -0.153. The Morgan fingerprint density at radius 1 is 0.895 bits per heavy atom. The van der Waals surface area contributed by atoms with Gasteiger partial charge in [-0.15, -0.1) is 0 Å². The molecule has 2 N–H and O–H groups in total. The number of hydrogen-bond acceptors (Lipinski definition) is 7. The van der Waals surface area contributed by atoms with Crippen molar-refractivity contribution in [2.24, 2.45) is 0 Å². The van der Waals surface area contributed by atoms with Crippen LogP contribution in [0.4, 0.5) is 0 Å². The zero-order valence-corrected chi connectivity index (χ0v) is 11.2. The summed E-state index contributed by atoms with van der Waals surface area (Å²) in [7, 11) is 0. The molecule has 2 aliphatic rings. The fourth-order valence-corrected chi connectivity index (χ4v) is 2.31. The summed E-state index contributed by atoms with van der Waals surface area (Å²) in [6.07, 6.45) is -0.353. The van der Waals surface area contributed by atoms with E-state index in [1.54, 1.807) is 0 Å². The van der Waals surface area contributed by atoms with Gasteiger partial charge in [-0.3, -0.25) is 0 Å². The minimum Gasteiger partial charge on any atom is -0.368 e. The van der Waals surface area contributed by atoms with Crippen LogP contribution < -0.4 is 10.6 Å². The Morgan fingerprint density at radius 3 is 1.84 bits per heavy atom. The van der Waals surface area contributed by atoms with Gasteiger partial charge in [0.25, 0.3) is 0 Å². The van der Waals surface area contributed by atoms with E-state index in [1.165, 1.54) is 0 Å². The first-order valence-electron chi connectivity index (χ1n) is 6.39. The van der Waals surface area contributed by atoms with Crippen molar-refractivity contribution in [1.29, 1.82) is 0 Å². The van der Waals surface area contributed by atoms with Crippen LogP contribution in [0.5, 0.6) is 0 Å². The summed E-state index contributed by atoms with van der Waals surface area (Å²) >= 11 is 5.97. The highest BCUT2D eigenvalue weighted by molar-refractivity contribution is 6.28. The van der Waals surface area contributed by atoms with Gasteiger partial charge in [0.1, 0.15) is 12.2 Å². The second-order valence-electron chi connectivity index (χ2n) is 4.45. The second kappa shape index (κ2) is 6.06. The van der Waals surface area contributed by atoms with Gasteiger partial charge in [-0.1, -0.05) is 0 Å². The normalized spacial score (nSPS) is 28.3. The predicted molar refractivity (Wildman–Crippen MR) is 68.0 cm³/mol. The molecule has 19 heavy (non-hydrogen) atoms. The van der Waals surface area contributed by atoms with Crippen LogP contribution in [0.3, 0.4) is 0 Å². The standard InChI is InChI=1S/C11H16ClN5O2/c12-11-16-9(7-5-13-1-3-18-7)15-10(17-11)8-6-14-2-4-19-8/h7-8,13-14H,1-6H2. The highest BCUT2D eigenvalue weighted by Gasteiger charge is 2.24. The minimum atomic E-state index is -0.176. The highest BCUT2D eigenvalue weighted by atomic mass is 35.5. The fourth-order valence-electron chi connectivity index (χ4n) is 2.13. The first-order chi connectivity index (χ1) is 9.33. The monoisotopic (exact) mass is 285 g/mol. The average molecular weight is 286 g/mol. The molecular weight excluding hydrogens is 270 g/mol. The zero-order chi connectivity index (χ0) is 13.1. The maximum atomic E-state index is 5.97. The van der Waals surface area contributed by atoms with Crippen LogP contribution >= 0.6 is 11.6 Å². The third-order valence-corrected chi connectivity index (χ3v) is 3.24. The Hall–Kier alpha value is -0.860. The van der Waals surface area contributed by atoms with Gasteiger partial charge in [0.05, 0.1) is 13.2 Å². The lowest BCUT2D eigenvalue weighted by Gasteiger charge is -2.25. The summed E-state index contributed by atoms with van der Waals surface area (Å²) in [6, 6.07) is 0. The summed E-state index contributed by atoms with van der Waals surface area (Å²) in [4.78, 5) is 12.8. The van der Waals surface area contributed by atoms with Crippen molar-refractivity contribution < 1.29 is 9.47 Å². The molecule has 2 aliphatic heterocycles. The first-order valence-corrected chi connectivity index (χ1v) is 6.77. The summed E-state index contributed by atoms with van der Waals surface area (Å²) in [5.41, 5.74) is 0. The topological polar surface area (TPSA) is 81.2 Å². The van der Waals surface area contributed by atoms with Gasteiger partial charge in [-0.25, -0.2) is 4.98 Å². The smallest absolute Gasteiger partial charge is 0.226 e. The fraction of sp³-hybridized carbons (Fsp3) is 0.727. The van der Waals surface area contributed by atoms with Gasteiger partial charge >= 0.3 is 0 Å². The first kappa shape index (κ1) is 13.1. The SMILES string of the molecule is Clc1nc(C2CNCCO2)nc(C2CNCCO2)n1. The van der Waals surface area contributed by atoms with Crippen LogP contribution in [0.1, 0.15) is 23.9 Å². The van der Waals surface area contributed by atoms with E-state index in [-0.39, 0.29) is 17.5 Å². The van der Waals surface area contributed by atoms with Crippen LogP contribution in [0.15, 0.2) is 0 Å². The van der Waals surface area contributed by atoms with E-state index >= 15 is 0 Å². The Balaban J connectivity index is 1.82. The van der Waals surface area contributed by atoms with Gasteiger partial charge in [0, 0.05) is 26.2 Å². The molecule has 0 amide bonds. The van der Waals surface area contributed by atoms with Gasteiger partial charge in [0.15, 0.2) is 11.6 Å². The lowest BCUT2D eigenvalue weighted by atomic mass is 10.2. The van der Waals surface area contributed by atoms with Gasteiger partial charge < -0.3 is 20.1 Å². The van der Waals surface area contributed by atoms with Crippen LogP contribution in [0.2, 0.25) is 5.28 Å². The Labute approximate surface area is 116 Å². The Morgan fingerprint density at radius 2 is 1.42 bits per heavy atom. The number of morpholine rings is 2. The molecule has 0 saturated carbocycles. The molecule has 7 nitrogen and oxygen atoms in total. The number of ether oxygens (including phenoxy) is 2. The molecule has 0 aromatic carbocycles. The minimum absolute atomic E-state index is 0.176. The van der Waals surface area contributed by atoms with Gasteiger partial charge in [0.2, 0.25) is 5.28 Å². The van der Waals surface area contributed by atoms with Crippen molar-refractivity contribution in [3.8, 4) is 0 Å². The van der Waals surface area contributed by atoms with Crippen LogP contribution in [-0.2, 0) is 9.47 Å². The van der Waals surface area contributed by atoms with E-state index in [0.29, 0.717) is 38.0 Å². The molecule has 0 radical (unpaired) electrons. The summed E-state index contributed by atoms with van der Waals surface area (Å²) in [5.74, 6) is 1.13. The zero-order valence-electron chi connectivity index (χ0n) is 10.4. The van der Waals surface area contributed by atoms with Crippen molar-refractivity contribution in [2.45, 2.75) is 12.2 Å². The molecule has 0 aliphatic carbocycles. The van der Waals surface area contributed by atoms with Gasteiger partial charge in [-0.05, 0) is 11.6 Å². The van der Waals surface area contributed by atoms with E-state index in [4.69, 9.17) is 21.1 Å². The molecule has 1 aromatic rings. The molecule has 1 aromatic heterocycles. The molecule has 2 atom stereocenters. The van der Waals surface area contributed by atoms with E-state index in [9.17, 15) is 0 Å². The molecule has 0 spiro atoms. The maximum absolute atomic E-state index is 5.97. The second-order valence-corrected chi connectivity index (χ2v) is 4.79. The van der Waals surface area contributed by atoms with Crippen molar-refractivity contribution in [2.75, 3.05) is 39.4 Å². The van der Waals surface area contributed by atoms with Crippen molar-refractivity contribution in [3.63, 3.8) is 0 Å². The molecule has 3 rings (SSSR count). The average Bonchev–Trinajstić information content (AvgIpc) is 2.48. The Kier molecular flexibility index (Phi) is 4.19. The molecule has 2 unspecified atom stereocenters.